The maximum atomic E-state index is 11.5. The van der Waals surface area contributed by atoms with Gasteiger partial charge in [-0.15, -0.1) is 0 Å². The Kier molecular flexibility index (Phi) is 7.41. The van der Waals surface area contributed by atoms with Gasteiger partial charge in [-0.25, -0.2) is 15.0 Å². The van der Waals surface area contributed by atoms with Gasteiger partial charge in [0.15, 0.2) is 0 Å². The van der Waals surface area contributed by atoms with Gasteiger partial charge in [0.05, 0.1) is 23.2 Å². The second kappa shape index (κ2) is 10.1. The third-order valence-electron chi connectivity index (χ3n) is 4.64. The first-order chi connectivity index (χ1) is 15.5. The van der Waals surface area contributed by atoms with Crippen molar-refractivity contribution in [3.05, 3.63) is 77.3 Å². The predicted molar refractivity (Wildman–Crippen MR) is 131 cm³/mol. The molecule has 4 rings (SSSR count). The molecule has 2 heterocycles. The fourth-order valence-electron chi connectivity index (χ4n) is 3.37. The molecule has 4 aromatic rings. The van der Waals surface area contributed by atoms with Crippen LogP contribution in [0.4, 0.5) is 0 Å². The average Bonchev–Trinajstić information content (AvgIpc) is 2.74. The molecule has 0 unspecified atom stereocenters. The SMILES string of the molecule is CC(C)(C)O.Cc1cc2nc(-c3cncnc3)ccc2c(-c2ccc(Cl)cc2)c1CC(=O)O. The van der Waals surface area contributed by atoms with E-state index in [4.69, 9.17) is 21.7 Å². The highest BCUT2D eigenvalue weighted by atomic mass is 35.5. The van der Waals surface area contributed by atoms with Crippen molar-refractivity contribution in [1.29, 1.82) is 0 Å². The van der Waals surface area contributed by atoms with Crippen molar-refractivity contribution in [3.63, 3.8) is 0 Å². The number of halogens is 1. The Hall–Kier alpha value is -3.35. The number of hydrogen-bond donors (Lipinski definition) is 2. The lowest BCUT2D eigenvalue weighted by atomic mass is 9.90. The number of carboxylic acids is 1. The zero-order valence-electron chi connectivity index (χ0n) is 19.0. The maximum absolute atomic E-state index is 11.5. The van der Waals surface area contributed by atoms with Crippen molar-refractivity contribution in [1.82, 2.24) is 15.0 Å². The molecule has 0 aliphatic carbocycles. The van der Waals surface area contributed by atoms with E-state index in [-0.39, 0.29) is 6.42 Å². The van der Waals surface area contributed by atoms with Crippen LogP contribution in [0.2, 0.25) is 5.02 Å². The summed E-state index contributed by atoms with van der Waals surface area (Å²) in [6.45, 7) is 7.14. The molecule has 0 amide bonds. The Labute approximate surface area is 197 Å². The van der Waals surface area contributed by atoms with Gasteiger partial charge >= 0.3 is 5.97 Å². The molecule has 0 aliphatic rings. The van der Waals surface area contributed by atoms with Gasteiger partial charge in [-0.1, -0.05) is 29.8 Å². The van der Waals surface area contributed by atoms with Crippen LogP contribution < -0.4 is 0 Å². The van der Waals surface area contributed by atoms with Crippen LogP contribution in [-0.4, -0.2) is 36.7 Å². The van der Waals surface area contributed by atoms with E-state index in [1.54, 1.807) is 45.3 Å². The summed E-state index contributed by atoms with van der Waals surface area (Å²) < 4.78 is 0. The minimum Gasteiger partial charge on any atom is -0.481 e. The zero-order valence-corrected chi connectivity index (χ0v) is 19.8. The van der Waals surface area contributed by atoms with Crippen molar-refractivity contribution < 1.29 is 15.0 Å². The summed E-state index contributed by atoms with van der Waals surface area (Å²) in [6, 6.07) is 13.2. The van der Waals surface area contributed by atoms with Gasteiger partial charge in [-0.05, 0) is 74.2 Å². The minimum atomic E-state index is -0.872. The molecule has 0 bridgehead atoms. The number of pyridine rings is 1. The van der Waals surface area contributed by atoms with E-state index in [0.717, 1.165) is 44.4 Å². The van der Waals surface area contributed by atoms with Gasteiger partial charge < -0.3 is 10.2 Å². The number of aliphatic hydroxyl groups is 1. The molecular formula is C26H26ClN3O3. The normalized spacial score (nSPS) is 11.1. The molecule has 0 aliphatic heterocycles. The summed E-state index contributed by atoms with van der Waals surface area (Å²) >= 11 is 6.04. The van der Waals surface area contributed by atoms with Crippen LogP contribution in [0.1, 0.15) is 31.9 Å². The van der Waals surface area contributed by atoms with E-state index in [1.165, 1.54) is 6.33 Å². The van der Waals surface area contributed by atoms with Crippen LogP contribution in [0.5, 0.6) is 0 Å². The smallest absolute Gasteiger partial charge is 0.307 e. The van der Waals surface area contributed by atoms with Crippen LogP contribution in [0.25, 0.3) is 33.3 Å². The summed E-state index contributed by atoms with van der Waals surface area (Å²) in [6.07, 6.45) is 4.85. The zero-order chi connectivity index (χ0) is 24.2. The molecule has 2 aromatic heterocycles. The first kappa shape index (κ1) is 24.3. The quantitative estimate of drug-likeness (QED) is 0.401. The van der Waals surface area contributed by atoms with Crippen molar-refractivity contribution in [2.45, 2.75) is 39.7 Å². The largest absolute Gasteiger partial charge is 0.481 e. The third kappa shape index (κ3) is 6.57. The van der Waals surface area contributed by atoms with E-state index >= 15 is 0 Å². The molecule has 33 heavy (non-hydrogen) atoms. The summed E-state index contributed by atoms with van der Waals surface area (Å²) in [5.41, 5.74) is 5.32. The summed E-state index contributed by atoms with van der Waals surface area (Å²) in [7, 11) is 0. The fraction of sp³-hybridized carbons (Fsp3) is 0.231. The molecule has 0 radical (unpaired) electrons. The highest BCUT2D eigenvalue weighted by molar-refractivity contribution is 6.30. The second-order valence-electron chi connectivity index (χ2n) is 8.69. The summed E-state index contributed by atoms with van der Waals surface area (Å²) in [4.78, 5) is 24.4. The number of hydrogen-bond acceptors (Lipinski definition) is 5. The van der Waals surface area contributed by atoms with Gasteiger partial charge in [-0.2, -0.15) is 0 Å². The van der Waals surface area contributed by atoms with Crippen LogP contribution >= 0.6 is 11.6 Å². The number of benzene rings is 2. The van der Waals surface area contributed by atoms with E-state index in [2.05, 4.69) is 9.97 Å². The standard InChI is InChI=1S/C22H16ClN3O2.C4H10O/c1-13-8-20-17(6-7-19(26-20)15-10-24-12-25-11-15)22(18(13)9-21(27)28)14-2-4-16(23)5-3-14;1-4(2,3)5/h2-8,10-12H,9H2,1H3,(H,27,28);5H,1-3H3. The van der Waals surface area contributed by atoms with Crippen molar-refractivity contribution in [2.75, 3.05) is 0 Å². The number of rotatable bonds is 4. The van der Waals surface area contributed by atoms with Crippen molar-refractivity contribution in [3.8, 4) is 22.4 Å². The third-order valence-corrected chi connectivity index (χ3v) is 4.89. The number of aliphatic carboxylic acids is 1. The maximum Gasteiger partial charge on any atom is 0.307 e. The molecule has 7 heteroatoms. The molecule has 6 nitrogen and oxygen atoms in total. The van der Waals surface area contributed by atoms with Gasteiger partial charge in [-0.3, -0.25) is 4.79 Å². The van der Waals surface area contributed by atoms with E-state index in [1.807, 2.05) is 37.3 Å². The molecule has 2 N–H and O–H groups in total. The molecular weight excluding hydrogens is 438 g/mol. The van der Waals surface area contributed by atoms with Crippen LogP contribution in [0.3, 0.4) is 0 Å². The Morgan fingerprint density at radius 2 is 1.61 bits per heavy atom. The molecule has 0 atom stereocenters. The molecule has 2 aromatic carbocycles. The predicted octanol–water partition coefficient (Wildman–Crippen LogP) is 5.72. The molecule has 0 spiro atoms. The Morgan fingerprint density at radius 1 is 1.00 bits per heavy atom. The number of carboxylic acid groups (broad SMARTS) is 1. The highest BCUT2D eigenvalue weighted by Crippen LogP contribution is 2.36. The number of carbonyl (C=O) groups is 1. The van der Waals surface area contributed by atoms with Gasteiger partial charge in [0.1, 0.15) is 6.33 Å². The summed E-state index contributed by atoms with van der Waals surface area (Å²) in [5.74, 6) is -0.872. The first-order valence-electron chi connectivity index (χ1n) is 10.4. The monoisotopic (exact) mass is 463 g/mol. The highest BCUT2D eigenvalue weighted by Gasteiger charge is 2.17. The van der Waals surface area contributed by atoms with E-state index < -0.39 is 11.6 Å². The minimum absolute atomic E-state index is 0.0615. The first-order valence-corrected chi connectivity index (χ1v) is 10.8. The number of fused-ring (bicyclic) bond motifs is 1. The van der Waals surface area contributed by atoms with E-state index in [9.17, 15) is 9.90 Å². The molecule has 0 saturated heterocycles. The van der Waals surface area contributed by atoms with Crippen LogP contribution in [0, 0.1) is 6.92 Å². The van der Waals surface area contributed by atoms with E-state index in [0.29, 0.717) is 5.02 Å². The Balaban J connectivity index is 0.000000555. The van der Waals surface area contributed by atoms with Crippen molar-refractivity contribution in [2.24, 2.45) is 0 Å². The Bertz CT molecular complexity index is 1260. The van der Waals surface area contributed by atoms with Gasteiger partial charge in [0, 0.05) is 28.4 Å². The van der Waals surface area contributed by atoms with Crippen molar-refractivity contribution >= 4 is 28.5 Å². The number of aryl methyl sites for hydroxylation is 1. The Morgan fingerprint density at radius 3 is 2.18 bits per heavy atom. The second-order valence-corrected chi connectivity index (χ2v) is 9.12. The summed E-state index contributed by atoms with van der Waals surface area (Å²) in [5, 5.41) is 19.5. The van der Waals surface area contributed by atoms with Crippen LogP contribution in [-0.2, 0) is 11.2 Å². The number of aromatic nitrogens is 3. The topological polar surface area (TPSA) is 96.2 Å². The molecule has 0 fully saturated rings. The van der Waals surface area contributed by atoms with Gasteiger partial charge in [0.25, 0.3) is 0 Å². The van der Waals surface area contributed by atoms with Gasteiger partial charge in [0.2, 0.25) is 0 Å². The lowest BCUT2D eigenvalue weighted by Crippen LogP contribution is -2.10. The lowest BCUT2D eigenvalue weighted by Gasteiger charge is -2.16. The average molecular weight is 464 g/mol. The van der Waals surface area contributed by atoms with Crippen LogP contribution in [0.15, 0.2) is 61.2 Å². The fourth-order valence-corrected chi connectivity index (χ4v) is 3.49. The molecule has 0 saturated carbocycles. The lowest BCUT2D eigenvalue weighted by molar-refractivity contribution is -0.136. The number of nitrogens with zero attached hydrogens (tertiary/aromatic N) is 3. The molecule has 170 valence electrons.